The molecule has 0 aliphatic carbocycles. The first-order chi connectivity index (χ1) is 12.7. The summed E-state index contributed by atoms with van der Waals surface area (Å²) >= 11 is 0. The van der Waals surface area contributed by atoms with Crippen molar-refractivity contribution in [3.63, 3.8) is 0 Å². The first kappa shape index (κ1) is 19.8. The molecule has 2 heterocycles. The maximum atomic E-state index is 13.9. The number of benzene rings is 1. The van der Waals surface area contributed by atoms with Gasteiger partial charge in [0.05, 0.1) is 0 Å². The number of halogens is 2. The predicted octanol–water partition coefficient (Wildman–Crippen LogP) is 4.64. The highest BCUT2D eigenvalue weighted by atomic mass is 19.2. The molecule has 0 spiro atoms. The molecule has 4 nitrogen and oxygen atoms in total. The molecule has 0 aromatic heterocycles. The summed E-state index contributed by atoms with van der Waals surface area (Å²) in [6, 6.07) is 3.86. The van der Waals surface area contributed by atoms with Crippen LogP contribution in [0.4, 0.5) is 13.6 Å². The molecule has 2 unspecified atom stereocenters. The van der Waals surface area contributed by atoms with Crippen LogP contribution in [0.5, 0.6) is 0 Å². The molecule has 148 valence electrons. The predicted molar refractivity (Wildman–Crippen MR) is 97.3 cm³/mol. The fraction of sp³-hybridized carbons (Fsp3) is 0.619. The zero-order chi connectivity index (χ0) is 19.8. The third-order valence-electron chi connectivity index (χ3n) is 5.43. The number of Topliss-reactive ketones (excluding diaryl/α,β-unsaturated/α-hetero) is 1. The number of hydrogen-bond donors (Lipinski definition) is 0. The molecule has 2 aliphatic rings. The molecule has 0 radical (unpaired) electrons. The second-order valence-corrected chi connectivity index (χ2v) is 8.65. The fourth-order valence-electron chi connectivity index (χ4n) is 4.27. The highest BCUT2D eigenvalue weighted by Gasteiger charge is 2.44. The Morgan fingerprint density at radius 2 is 1.78 bits per heavy atom. The van der Waals surface area contributed by atoms with Crippen LogP contribution in [-0.4, -0.2) is 34.5 Å². The minimum absolute atomic E-state index is 0.0290. The molecule has 6 heteroatoms. The number of carbonyl (C=O) groups excluding carboxylic acids is 2. The number of piperidine rings is 2. The third kappa shape index (κ3) is 4.47. The summed E-state index contributed by atoms with van der Waals surface area (Å²) in [6.07, 6.45) is 3.40. The zero-order valence-electron chi connectivity index (χ0n) is 16.1. The lowest BCUT2D eigenvalue weighted by Gasteiger charge is -2.48. The normalized spacial score (nSPS) is 25.2. The van der Waals surface area contributed by atoms with E-state index in [1.165, 1.54) is 12.1 Å². The lowest BCUT2D eigenvalue weighted by Crippen LogP contribution is -2.56. The van der Waals surface area contributed by atoms with Crippen molar-refractivity contribution in [3.8, 4) is 0 Å². The van der Waals surface area contributed by atoms with Crippen molar-refractivity contribution in [2.45, 2.75) is 77.0 Å². The third-order valence-corrected chi connectivity index (χ3v) is 5.43. The van der Waals surface area contributed by atoms with Gasteiger partial charge >= 0.3 is 6.09 Å². The first-order valence-corrected chi connectivity index (χ1v) is 9.62. The quantitative estimate of drug-likeness (QED) is 0.768. The summed E-state index contributed by atoms with van der Waals surface area (Å²) in [5.41, 5.74) is -0.466. The molecule has 3 rings (SSSR count). The minimum Gasteiger partial charge on any atom is -0.444 e. The van der Waals surface area contributed by atoms with Crippen LogP contribution in [0.2, 0.25) is 0 Å². The molecule has 1 amide bonds. The summed E-state index contributed by atoms with van der Waals surface area (Å²) in [5.74, 6) is -2.20. The van der Waals surface area contributed by atoms with Gasteiger partial charge in [0.15, 0.2) is 11.6 Å². The Bertz CT molecular complexity index is 715. The van der Waals surface area contributed by atoms with Gasteiger partial charge in [0.1, 0.15) is 11.4 Å². The van der Waals surface area contributed by atoms with E-state index >= 15 is 0 Å². The van der Waals surface area contributed by atoms with Crippen molar-refractivity contribution in [2.75, 3.05) is 0 Å². The van der Waals surface area contributed by atoms with Crippen LogP contribution >= 0.6 is 0 Å². The Labute approximate surface area is 158 Å². The van der Waals surface area contributed by atoms with Gasteiger partial charge in [-0.25, -0.2) is 13.6 Å². The van der Waals surface area contributed by atoms with Gasteiger partial charge in [0, 0.05) is 24.4 Å². The van der Waals surface area contributed by atoms with E-state index in [1.807, 2.05) is 20.8 Å². The van der Waals surface area contributed by atoms with E-state index in [0.717, 1.165) is 25.3 Å². The van der Waals surface area contributed by atoms with E-state index in [4.69, 9.17) is 4.74 Å². The van der Waals surface area contributed by atoms with E-state index in [2.05, 4.69) is 0 Å². The number of ether oxygens (including phenoxy) is 1. The van der Waals surface area contributed by atoms with Crippen LogP contribution in [0, 0.1) is 17.6 Å². The van der Waals surface area contributed by atoms with E-state index in [-0.39, 0.29) is 41.9 Å². The lowest BCUT2D eigenvalue weighted by atomic mass is 9.76. The molecule has 1 aromatic rings. The smallest absolute Gasteiger partial charge is 0.410 e. The number of ketones is 1. The molecule has 2 bridgehead atoms. The van der Waals surface area contributed by atoms with Crippen molar-refractivity contribution in [2.24, 2.45) is 5.92 Å². The molecule has 27 heavy (non-hydrogen) atoms. The van der Waals surface area contributed by atoms with Crippen LogP contribution in [-0.2, 0) is 16.0 Å². The number of hydrogen-bond acceptors (Lipinski definition) is 3. The van der Waals surface area contributed by atoms with Gasteiger partial charge in [-0.3, -0.25) is 4.79 Å². The summed E-state index contributed by atoms with van der Waals surface area (Å²) in [7, 11) is 0. The minimum atomic E-state index is -0.947. The van der Waals surface area contributed by atoms with Gasteiger partial charge in [0.25, 0.3) is 0 Å². The highest BCUT2D eigenvalue weighted by Crippen LogP contribution is 2.38. The van der Waals surface area contributed by atoms with E-state index in [9.17, 15) is 18.4 Å². The Morgan fingerprint density at radius 1 is 1.15 bits per heavy atom. The van der Waals surface area contributed by atoms with Crippen LogP contribution < -0.4 is 0 Å². The van der Waals surface area contributed by atoms with Crippen LogP contribution in [0.15, 0.2) is 18.2 Å². The number of nitrogens with zero attached hydrogens (tertiary/aromatic N) is 1. The van der Waals surface area contributed by atoms with Crippen molar-refractivity contribution in [3.05, 3.63) is 35.4 Å². The largest absolute Gasteiger partial charge is 0.444 e. The molecule has 2 atom stereocenters. The van der Waals surface area contributed by atoms with Crippen molar-refractivity contribution < 1.29 is 23.1 Å². The average Bonchev–Trinajstić information content (AvgIpc) is 2.56. The van der Waals surface area contributed by atoms with Gasteiger partial charge in [-0.2, -0.15) is 0 Å². The zero-order valence-corrected chi connectivity index (χ0v) is 16.1. The number of rotatable bonds is 3. The summed E-state index contributed by atoms with van der Waals surface area (Å²) < 4.78 is 32.8. The highest BCUT2D eigenvalue weighted by molar-refractivity contribution is 5.84. The van der Waals surface area contributed by atoms with Crippen molar-refractivity contribution >= 4 is 11.9 Å². The topological polar surface area (TPSA) is 46.6 Å². The average molecular weight is 379 g/mol. The number of carbonyl (C=O) groups is 2. The molecule has 0 N–H and O–H groups in total. The Kier molecular flexibility index (Phi) is 5.54. The van der Waals surface area contributed by atoms with Gasteiger partial charge < -0.3 is 9.64 Å². The van der Waals surface area contributed by atoms with Crippen LogP contribution in [0.3, 0.4) is 0 Å². The van der Waals surface area contributed by atoms with E-state index < -0.39 is 17.2 Å². The van der Waals surface area contributed by atoms with E-state index in [1.54, 1.807) is 4.90 Å². The Balaban J connectivity index is 1.69. The molecular weight excluding hydrogens is 352 g/mol. The Hall–Kier alpha value is -1.98. The molecule has 2 aliphatic heterocycles. The van der Waals surface area contributed by atoms with Gasteiger partial charge in [-0.05, 0) is 64.5 Å². The van der Waals surface area contributed by atoms with Crippen molar-refractivity contribution in [1.29, 1.82) is 0 Å². The molecule has 1 aromatic carbocycles. The van der Waals surface area contributed by atoms with E-state index in [0.29, 0.717) is 12.8 Å². The van der Waals surface area contributed by atoms with Crippen LogP contribution in [0.1, 0.15) is 58.4 Å². The monoisotopic (exact) mass is 379 g/mol. The maximum absolute atomic E-state index is 13.9. The standard InChI is InChI=1S/C21H27F2NO3/c1-21(2,3)27-20(26)24-15-7-5-8-16(24)11-14(10-15)18(25)12-13-6-4-9-17(22)19(13)23/h4,6,9,14-16H,5,7-8,10-12H2,1-3H3. The maximum Gasteiger partial charge on any atom is 0.410 e. The number of amides is 1. The fourth-order valence-corrected chi connectivity index (χ4v) is 4.27. The van der Waals surface area contributed by atoms with Crippen molar-refractivity contribution in [1.82, 2.24) is 4.90 Å². The van der Waals surface area contributed by atoms with Gasteiger partial charge in [-0.1, -0.05) is 12.1 Å². The second-order valence-electron chi connectivity index (χ2n) is 8.65. The van der Waals surface area contributed by atoms with Crippen LogP contribution in [0.25, 0.3) is 0 Å². The molecule has 0 saturated carbocycles. The molecule has 2 saturated heterocycles. The SMILES string of the molecule is CC(C)(C)OC(=O)N1C2CCCC1CC(C(=O)Cc1cccc(F)c1F)C2. The molecular formula is C21H27F2NO3. The Morgan fingerprint density at radius 3 is 2.37 bits per heavy atom. The summed E-state index contributed by atoms with van der Waals surface area (Å²) in [5, 5.41) is 0. The number of fused-ring (bicyclic) bond motifs is 2. The molecule has 2 fully saturated rings. The second kappa shape index (κ2) is 7.56. The lowest BCUT2D eigenvalue weighted by molar-refractivity contribution is -0.126. The van der Waals surface area contributed by atoms with Gasteiger partial charge in [-0.15, -0.1) is 0 Å². The summed E-state index contributed by atoms with van der Waals surface area (Å²) in [6.45, 7) is 5.51. The van der Waals surface area contributed by atoms with Gasteiger partial charge in [0.2, 0.25) is 0 Å². The first-order valence-electron chi connectivity index (χ1n) is 9.62. The summed E-state index contributed by atoms with van der Waals surface area (Å²) in [4.78, 5) is 27.2.